The highest BCUT2D eigenvalue weighted by molar-refractivity contribution is 5.62. The lowest BCUT2D eigenvalue weighted by Gasteiger charge is -2.11. The van der Waals surface area contributed by atoms with Crippen LogP contribution in [0.1, 0.15) is 17.0 Å². The highest BCUT2D eigenvalue weighted by Gasteiger charge is 2.19. The summed E-state index contributed by atoms with van der Waals surface area (Å²) in [5.74, 6) is 0.337. The van der Waals surface area contributed by atoms with E-state index in [9.17, 15) is 9.59 Å². The molecule has 0 fully saturated rings. The van der Waals surface area contributed by atoms with Crippen molar-refractivity contribution in [1.82, 2.24) is 14.9 Å². The minimum absolute atomic E-state index is 0.0643. The molecule has 0 spiro atoms. The fourth-order valence-electron chi connectivity index (χ4n) is 2.08. The van der Waals surface area contributed by atoms with Gasteiger partial charge in [-0.3, -0.25) is 4.79 Å². The van der Waals surface area contributed by atoms with Crippen LogP contribution in [-0.2, 0) is 18.2 Å². The zero-order valence-electron chi connectivity index (χ0n) is 11.9. The quantitative estimate of drug-likeness (QED) is 0.846. The molecule has 2 heterocycles. The molecule has 0 aromatic carbocycles. The van der Waals surface area contributed by atoms with Crippen LogP contribution in [0.15, 0.2) is 15.4 Å². The molecule has 0 bridgehead atoms. The van der Waals surface area contributed by atoms with Gasteiger partial charge in [0.2, 0.25) is 0 Å². The van der Waals surface area contributed by atoms with Crippen LogP contribution in [0.4, 0.5) is 4.79 Å². The van der Waals surface area contributed by atoms with Crippen molar-refractivity contribution < 1.29 is 19.2 Å². The Morgan fingerprint density at radius 2 is 2.19 bits per heavy atom. The lowest BCUT2D eigenvalue weighted by atomic mass is 10.0. The summed E-state index contributed by atoms with van der Waals surface area (Å²) < 4.78 is 10.9. The van der Waals surface area contributed by atoms with Crippen molar-refractivity contribution in [3.63, 3.8) is 0 Å². The third kappa shape index (κ3) is 3.10. The van der Waals surface area contributed by atoms with E-state index in [0.29, 0.717) is 28.3 Å². The Bertz CT molecular complexity index is 732. The van der Waals surface area contributed by atoms with Crippen LogP contribution in [0.2, 0.25) is 0 Å². The number of aromatic nitrogens is 3. The van der Waals surface area contributed by atoms with Gasteiger partial charge in [-0.25, -0.2) is 9.48 Å². The SMILES string of the molecule is Cc1cc(-c2c(CCOC(=O)O)c(C)nn(C)c2=O)on1. The van der Waals surface area contributed by atoms with Crippen molar-refractivity contribution in [2.24, 2.45) is 7.05 Å². The third-order valence-corrected chi connectivity index (χ3v) is 3.00. The zero-order valence-corrected chi connectivity index (χ0v) is 11.9. The molecular weight excluding hydrogens is 278 g/mol. The number of nitrogens with zero attached hydrogens (tertiary/aromatic N) is 3. The number of hydrogen-bond donors (Lipinski definition) is 1. The van der Waals surface area contributed by atoms with Crippen molar-refractivity contribution in [2.45, 2.75) is 20.3 Å². The summed E-state index contributed by atoms with van der Waals surface area (Å²) in [7, 11) is 1.54. The number of hydrogen-bond acceptors (Lipinski definition) is 6. The largest absolute Gasteiger partial charge is 0.505 e. The zero-order chi connectivity index (χ0) is 15.6. The van der Waals surface area contributed by atoms with Gasteiger partial charge < -0.3 is 14.4 Å². The van der Waals surface area contributed by atoms with Gasteiger partial charge in [0.1, 0.15) is 0 Å². The van der Waals surface area contributed by atoms with Gasteiger partial charge in [0.05, 0.1) is 23.6 Å². The van der Waals surface area contributed by atoms with Gasteiger partial charge in [-0.15, -0.1) is 0 Å². The fourth-order valence-corrected chi connectivity index (χ4v) is 2.08. The molecule has 2 aromatic heterocycles. The maximum Gasteiger partial charge on any atom is 0.505 e. The summed E-state index contributed by atoms with van der Waals surface area (Å²) in [6.07, 6.45) is -1.13. The first-order valence-corrected chi connectivity index (χ1v) is 6.26. The van der Waals surface area contributed by atoms with E-state index in [1.165, 1.54) is 4.68 Å². The molecule has 8 nitrogen and oxygen atoms in total. The monoisotopic (exact) mass is 293 g/mol. The summed E-state index contributed by atoms with van der Waals surface area (Å²) in [4.78, 5) is 22.7. The van der Waals surface area contributed by atoms with Crippen molar-refractivity contribution in [2.75, 3.05) is 6.61 Å². The second-order valence-corrected chi connectivity index (χ2v) is 4.56. The van der Waals surface area contributed by atoms with Crippen LogP contribution >= 0.6 is 0 Å². The van der Waals surface area contributed by atoms with Crippen LogP contribution < -0.4 is 5.56 Å². The number of rotatable bonds is 4. The number of carbonyl (C=O) groups is 1. The topological polar surface area (TPSA) is 107 Å². The van der Waals surface area contributed by atoms with Crippen LogP contribution in [-0.4, -0.2) is 32.8 Å². The lowest BCUT2D eigenvalue weighted by Crippen LogP contribution is -2.25. The molecule has 2 aromatic rings. The first-order chi connectivity index (χ1) is 9.90. The Morgan fingerprint density at radius 3 is 2.76 bits per heavy atom. The molecule has 1 N–H and O–H groups in total. The van der Waals surface area contributed by atoms with E-state index in [0.717, 1.165) is 0 Å². The highest BCUT2D eigenvalue weighted by atomic mass is 16.7. The highest BCUT2D eigenvalue weighted by Crippen LogP contribution is 2.23. The fraction of sp³-hybridized carbons (Fsp3) is 0.385. The molecular formula is C13H15N3O5. The Hall–Kier alpha value is -2.64. The second kappa shape index (κ2) is 5.78. The second-order valence-electron chi connectivity index (χ2n) is 4.56. The van der Waals surface area contributed by atoms with E-state index >= 15 is 0 Å². The minimum Gasteiger partial charge on any atom is -0.450 e. The Balaban J connectivity index is 2.49. The summed E-state index contributed by atoms with van der Waals surface area (Å²) in [6.45, 7) is 3.42. The van der Waals surface area contributed by atoms with E-state index in [-0.39, 0.29) is 18.6 Å². The van der Waals surface area contributed by atoms with Gasteiger partial charge in [-0.2, -0.15) is 5.10 Å². The number of carboxylic acid groups (broad SMARTS) is 1. The minimum atomic E-state index is -1.36. The van der Waals surface area contributed by atoms with Gasteiger partial charge in [0.25, 0.3) is 5.56 Å². The average Bonchev–Trinajstić information content (AvgIpc) is 2.81. The molecule has 0 aliphatic heterocycles. The smallest absolute Gasteiger partial charge is 0.450 e. The Morgan fingerprint density at radius 1 is 1.48 bits per heavy atom. The van der Waals surface area contributed by atoms with Crippen LogP contribution in [0.5, 0.6) is 0 Å². The van der Waals surface area contributed by atoms with Crippen LogP contribution in [0, 0.1) is 13.8 Å². The molecule has 0 aliphatic rings. The number of ether oxygens (including phenoxy) is 1. The van der Waals surface area contributed by atoms with Crippen molar-refractivity contribution in [1.29, 1.82) is 0 Å². The summed E-state index contributed by atoms with van der Waals surface area (Å²) in [5.41, 5.74) is 1.85. The predicted octanol–water partition coefficient (Wildman–Crippen LogP) is 1.29. The lowest BCUT2D eigenvalue weighted by molar-refractivity contribution is 0.0926. The molecule has 0 amide bonds. The van der Waals surface area contributed by atoms with Crippen molar-refractivity contribution in [3.8, 4) is 11.3 Å². The maximum atomic E-state index is 12.3. The normalized spacial score (nSPS) is 10.6. The van der Waals surface area contributed by atoms with Gasteiger partial charge in [0.15, 0.2) is 5.76 Å². The molecule has 0 unspecified atom stereocenters. The summed E-state index contributed by atoms with van der Waals surface area (Å²) >= 11 is 0. The third-order valence-electron chi connectivity index (χ3n) is 3.00. The molecule has 21 heavy (non-hydrogen) atoms. The van der Waals surface area contributed by atoms with Crippen molar-refractivity contribution >= 4 is 6.16 Å². The summed E-state index contributed by atoms with van der Waals surface area (Å²) in [5, 5.41) is 16.4. The first kappa shape index (κ1) is 14.8. The van der Waals surface area contributed by atoms with E-state index in [1.54, 1.807) is 27.0 Å². The van der Waals surface area contributed by atoms with Crippen LogP contribution in [0.25, 0.3) is 11.3 Å². The van der Waals surface area contributed by atoms with Gasteiger partial charge in [0, 0.05) is 19.5 Å². The van der Waals surface area contributed by atoms with E-state index < -0.39 is 6.16 Å². The van der Waals surface area contributed by atoms with E-state index in [1.807, 2.05) is 0 Å². The molecule has 0 saturated heterocycles. The summed E-state index contributed by atoms with van der Waals surface area (Å²) in [6, 6.07) is 1.65. The molecule has 112 valence electrons. The van der Waals surface area contributed by atoms with Gasteiger partial charge >= 0.3 is 6.16 Å². The Kier molecular flexibility index (Phi) is 4.06. The van der Waals surface area contributed by atoms with Gasteiger partial charge in [-0.05, 0) is 19.4 Å². The predicted molar refractivity (Wildman–Crippen MR) is 72.1 cm³/mol. The number of aryl methyl sites for hydroxylation is 3. The maximum absolute atomic E-state index is 12.3. The molecule has 0 atom stereocenters. The molecule has 0 aliphatic carbocycles. The average molecular weight is 293 g/mol. The standard InChI is InChI=1S/C13H15N3O5/c1-7-6-10(21-15-7)11-9(4-5-20-13(18)19)8(2)14-16(3)12(11)17/h6H,4-5H2,1-3H3,(H,18,19). The van der Waals surface area contributed by atoms with E-state index in [4.69, 9.17) is 9.63 Å². The molecule has 0 saturated carbocycles. The van der Waals surface area contributed by atoms with Gasteiger partial charge in [-0.1, -0.05) is 5.16 Å². The molecule has 0 radical (unpaired) electrons. The van der Waals surface area contributed by atoms with Crippen molar-refractivity contribution in [3.05, 3.63) is 33.4 Å². The first-order valence-electron chi connectivity index (χ1n) is 6.26. The molecule has 2 rings (SSSR count). The molecule has 8 heteroatoms. The Labute approximate surface area is 119 Å². The van der Waals surface area contributed by atoms with Crippen LogP contribution in [0.3, 0.4) is 0 Å². The van der Waals surface area contributed by atoms with E-state index in [2.05, 4.69) is 15.0 Å².